The second-order valence-corrected chi connectivity index (χ2v) is 5.43. The van der Waals surface area contributed by atoms with Crippen LogP contribution in [-0.2, 0) is 15.9 Å². The largest absolute Gasteiger partial charge is 0.382 e. The summed E-state index contributed by atoms with van der Waals surface area (Å²) in [5.74, 6) is 0.674. The van der Waals surface area contributed by atoms with Crippen molar-refractivity contribution >= 4 is 0 Å². The molecule has 2 rings (SSSR count). The van der Waals surface area contributed by atoms with Crippen LogP contribution < -0.4 is 5.32 Å². The van der Waals surface area contributed by atoms with E-state index in [9.17, 15) is 0 Å². The van der Waals surface area contributed by atoms with Crippen molar-refractivity contribution in [1.82, 2.24) is 5.32 Å². The number of benzene rings is 1. The van der Waals surface area contributed by atoms with Gasteiger partial charge in [0.05, 0.1) is 13.2 Å². The van der Waals surface area contributed by atoms with Crippen LogP contribution in [0.3, 0.4) is 0 Å². The minimum Gasteiger partial charge on any atom is -0.382 e. The molecule has 1 aromatic rings. The molecule has 0 amide bonds. The summed E-state index contributed by atoms with van der Waals surface area (Å²) in [6.07, 6.45) is 3.57. The molecule has 20 heavy (non-hydrogen) atoms. The molecule has 0 radical (unpaired) electrons. The predicted molar refractivity (Wildman–Crippen MR) is 82.0 cm³/mol. The lowest BCUT2D eigenvalue weighted by molar-refractivity contribution is 0.0597. The molecule has 0 heterocycles. The van der Waals surface area contributed by atoms with Gasteiger partial charge in [0.25, 0.3) is 0 Å². The van der Waals surface area contributed by atoms with Crippen molar-refractivity contribution in [2.45, 2.75) is 32.2 Å². The third-order valence-corrected chi connectivity index (χ3v) is 4.13. The summed E-state index contributed by atoms with van der Waals surface area (Å²) in [6, 6.07) is 9.33. The molecule has 1 aliphatic carbocycles. The van der Waals surface area contributed by atoms with Gasteiger partial charge in [0.15, 0.2) is 0 Å². The molecule has 0 bridgehead atoms. The van der Waals surface area contributed by atoms with Gasteiger partial charge in [0.1, 0.15) is 0 Å². The van der Waals surface area contributed by atoms with E-state index in [2.05, 4.69) is 36.5 Å². The van der Waals surface area contributed by atoms with E-state index < -0.39 is 0 Å². The molecule has 3 heteroatoms. The van der Waals surface area contributed by atoms with Gasteiger partial charge in [-0.2, -0.15) is 0 Å². The highest BCUT2D eigenvalue weighted by Gasteiger charge is 2.28. The lowest BCUT2D eigenvalue weighted by Gasteiger charge is -2.34. The van der Waals surface area contributed by atoms with Crippen LogP contribution >= 0.6 is 0 Å². The fourth-order valence-corrected chi connectivity index (χ4v) is 3.11. The lowest BCUT2D eigenvalue weighted by Crippen LogP contribution is -2.33. The minimum absolute atomic E-state index is 0.482. The molecule has 1 aromatic carbocycles. The molecule has 0 aliphatic heterocycles. The molecular formula is C17H27NO2. The average Bonchev–Trinajstić information content (AvgIpc) is 2.49. The molecule has 2 unspecified atom stereocenters. The fourth-order valence-electron chi connectivity index (χ4n) is 3.11. The van der Waals surface area contributed by atoms with E-state index in [0.717, 1.165) is 19.6 Å². The van der Waals surface area contributed by atoms with Gasteiger partial charge >= 0.3 is 0 Å². The smallest absolute Gasteiger partial charge is 0.0700 e. The van der Waals surface area contributed by atoms with Crippen LogP contribution in [0.5, 0.6) is 0 Å². The van der Waals surface area contributed by atoms with Gasteiger partial charge in [0, 0.05) is 19.8 Å². The summed E-state index contributed by atoms with van der Waals surface area (Å²) in [5, 5.41) is 3.66. The van der Waals surface area contributed by atoms with Gasteiger partial charge < -0.3 is 14.8 Å². The lowest BCUT2D eigenvalue weighted by atomic mass is 9.78. The molecule has 1 aliphatic rings. The molecule has 3 nitrogen and oxygen atoms in total. The SMILES string of the molecule is CCNC1c2ccccc2CCC1CCOCCOC. The van der Waals surface area contributed by atoms with Crippen LogP contribution in [0.4, 0.5) is 0 Å². The van der Waals surface area contributed by atoms with Gasteiger partial charge in [-0.05, 0) is 42.9 Å². The van der Waals surface area contributed by atoms with Crippen molar-refractivity contribution in [3.63, 3.8) is 0 Å². The van der Waals surface area contributed by atoms with E-state index >= 15 is 0 Å². The molecule has 0 saturated carbocycles. The second kappa shape index (κ2) is 8.40. The third-order valence-electron chi connectivity index (χ3n) is 4.13. The van der Waals surface area contributed by atoms with Gasteiger partial charge in [-0.3, -0.25) is 0 Å². The van der Waals surface area contributed by atoms with E-state index in [1.165, 1.54) is 24.0 Å². The van der Waals surface area contributed by atoms with Crippen molar-refractivity contribution < 1.29 is 9.47 Å². The number of fused-ring (bicyclic) bond motifs is 1. The number of hydrogen-bond acceptors (Lipinski definition) is 3. The average molecular weight is 277 g/mol. The highest BCUT2D eigenvalue weighted by molar-refractivity contribution is 5.33. The van der Waals surface area contributed by atoms with Crippen LogP contribution in [0.2, 0.25) is 0 Å². The van der Waals surface area contributed by atoms with E-state index in [0.29, 0.717) is 25.2 Å². The zero-order chi connectivity index (χ0) is 14.2. The molecule has 112 valence electrons. The Balaban J connectivity index is 1.92. The first-order valence-corrected chi connectivity index (χ1v) is 7.74. The highest BCUT2D eigenvalue weighted by Crippen LogP contribution is 2.36. The molecule has 0 fully saturated rings. The van der Waals surface area contributed by atoms with E-state index in [4.69, 9.17) is 9.47 Å². The Morgan fingerprint density at radius 3 is 2.85 bits per heavy atom. The standard InChI is InChI=1S/C17H27NO2/c1-3-18-17-15(10-11-20-13-12-19-2)9-8-14-6-4-5-7-16(14)17/h4-7,15,17-18H,3,8-13H2,1-2H3. The van der Waals surface area contributed by atoms with Crippen LogP contribution in [0, 0.1) is 5.92 Å². The summed E-state index contributed by atoms with van der Waals surface area (Å²) >= 11 is 0. The summed E-state index contributed by atoms with van der Waals surface area (Å²) in [5.41, 5.74) is 3.00. The Labute approximate surface area is 122 Å². The quantitative estimate of drug-likeness (QED) is 0.741. The molecule has 0 aromatic heterocycles. The second-order valence-electron chi connectivity index (χ2n) is 5.43. The first kappa shape index (κ1) is 15.5. The number of hydrogen-bond donors (Lipinski definition) is 1. The zero-order valence-electron chi connectivity index (χ0n) is 12.7. The maximum absolute atomic E-state index is 5.64. The first-order chi connectivity index (χ1) is 9.86. The van der Waals surface area contributed by atoms with Gasteiger partial charge in [-0.1, -0.05) is 31.2 Å². The highest BCUT2D eigenvalue weighted by atomic mass is 16.5. The van der Waals surface area contributed by atoms with E-state index in [1.807, 2.05) is 0 Å². The summed E-state index contributed by atoms with van der Waals surface area (Å²) < 4.78 is 10.6. The van der Waals surface area contributed by atoms with E-state index in [-0.39, 0.29) is 0 Å². The number of methoxy groups -OCH3 is 1. The summed E-state index contributed by atoms with van der Waals surface area (Å²) in [4.78, 5) is 0. The van der Waals surface area contributed by atoms with Crippen molar-refractivity contribution in [2.75, 3.05) is 33.5 Å². The van der Waals surface area contributed by atoms with Gasteiger partial charge in [-0.15, -0.1) is 0 Å². The Kier molecular flexibility index (Phi) is 6.51. The zero-order valence-corrected chi connectivity index (χ0v) is 12.7. The topological polar surface area (TPSA) is 30.5 Å². The monoisotopic (exact) mass is 277 g/mol. The molecule has 0 saturated heterocycles. The Morgan fingerprint density at radius 2 is 2.05 bits per heavy atom. The van der Waals surface area contributed by atoms with Gasteiger partial charge in [-0.25, -0.2) is 0 Å². The van der Waals surface area contributed by atoms with Crippen LogP contribution in [0.1, 0.15) is 36.9 Å². The van der Waals surface area contributed by atoms with Crippen LogP contribution in [0.15, 0.2) is 24.3 Å². The van der Waals surface area contributed by atoms with Crippen molar-refractivity contribution in [3.8, 4) is 0 Å². The fraction of sp³-hybridized carbons (Fsp3) is 0.647. The number of nitrogens with one attached hydrogen (secondary N) is 1. The number of rotatable bonds is 8. The van der Waals surface area contributed by atoms with Gasteiger partial charge in [0.2, 0.25) is 0 Å². The Bertz CT molecular complexity index is 394. The maximum Gasteiger partial charge on any atom is 0.0700 e. The molecule has 0 spiro atoms. The van der Waals surface area contributed by atoms with Crippen molar-refractivity contribution in [2.24, 2.45) is 5.92 Å². The Morgan fingerprint density at radius 1 is 1.20 bits per heavy atom. The van der Waals surface area contributed by atoms with E-state index in [1.54, 1.807) is 7.11 Å². The molecular weight excluding hydrogens is 250 g/mol. The number of aryl methyl sites for hydroxylation is 1. The normalized spacial score (nSPS) is 21.7. The Hall–Kier alpha value is -0.900. The summed E-state index contributed by atoms with van der Waals surface area (Å²) in [7, 11) is 1.71. The van der Waals surface area contributed by atoms with Crippen LogP contribution in [-0.4, -0.2) is 33.5 Å². The third kappa shape index (κ3) is 4.05. The molecule has 2 atom stereocenters. The van der Waals surface area contributed by atoms with Crippen molar-refractivity contribution in [1.29, 1.82) is 0 Å². The predicted octanol–water partition coefficient (Wildman–Crippen LogP) is 2.95. The maximum atomic E-state index is 5.64. The molecule has 1 N–H and O–H groups in total. The first-order valence-electron chi connectivity index (χ1n) is 7.74. The van der Waals surface area contributed by atoms with Crippen molar-refractivity contribution in [3.05, 3.63) is 35.4 Å². The summed E-state index contributed by atoms with van der Waals surface area (Å²) in [6.45, 7) is 5.41. The minimum atomic E-state index is 0.482. The number of ether oxygens (including phenoxy) is 2. The van der Waals surface area contributed by atoms with Crippen LogP contribution in [0.25, 0.3) is 0 Å².